The van der Waals surface area contributed by atoms with Crippen LogP contribution in [0.4, 0.5) is 5.69 Å². The third-order valence-corrected chi connectivity index (χ3v) is 5.68. The fourth-order valence-corrected chi connectivity index (χ4v) is 3.83. The van der Waals surface area contributed by atoms with Gasteiger partial charge in [0.15, 0.2) is 5.78 Å². The number of aryl methyl sites for hydroxylation is 2. The third kappa shape index (κ3) is 4.73. The summed E-state index contributed by atoms with van der Waals surface area (Å²) in [7, 11) is 0. The second-order valence-electron chi connectivity index (χ2n) is 7.61. The molecule has 3 heteroatoms. The van der Waals surface area contributed by atoms with E-state index < -0.39 is 0 Å². The molecule has 0 aromatic heterocycles. The molecular weight excluding hydrogens is 320 g/mol. The number of piperidine rings is 1. The van der Waals surface area contributed by atoms with Gasteiger partial charge in [0.2, 0.25) is 0 Å². The minimum Gasteiger partial charge on any atom is -0.399 e. The summed E-state index contributed by atoms with van der Waals surface area (Å²) in [5.74, 6) is 0.884. The van der Waals surface area contributed by atoms with Crippen LogP contribution in [0.25, 0.3) is 0 Å². The van der Waals surface area contributed by atoms with Crippen LogP contribution in [0.3, 0.4) is 0 Å². The predicted octanol–water partition coefficient (Wildman–Crippen LogP) is 4.73. The number of carbonyl (C=O) groups excluding carboxylic acids is 1. The number of hydrogen-bond acceptors (Lipinski definition) is 3. The van der Waals surface area contributed by atoms with Crippen molar-refractivity contribution in [2.24, 2.45) is 0 Å². The number of hydrogen-bond donors (Lipinski definition) is 1. The summed E-state index contributed by atoms with van der Waals surface area (Å²) in [5.41, 5.74) is 11.4. The summed E-state index contributed by atoms with van der Waals surface area (Å²) in [5, 5.41) is 0. The number of rotatable bonds is 6. The fourth-order valence-electron chi connectivity index (χ4n) is 3.83. The average Bonchev–Trinajstić information content (AvgIpc) is 2.64. The lowest BCUT2D eigenvalue weighted by atomic mass is 9.89. The number of likely N-dealkylation sites (tertiary alicyclic amines) is 1. The highest BCUT2D eigenvalue weighted by Crippen LogP contribution is 2.29. The van der Waals surface area contributed by atoms with Crippen molar-refractivity contribution < 1.29 is 4.79 Å². The molecule has 0 aliphatic carbocycles. The van der Waals surface area contributed by atoms with Crippen LogP contribution in [0.1, 0.15) is 58.6 Å². The van der Waals surface area contributed by atoms with Crippen LogP contribution in [0.15, 0.2) is 42.5 Å². The van der Waals surface area contributed by atoms with E-state index in [0.29, 0.717) is 12.3 Å². The molecule has 1 aliphatic heterocycles. The van der Waals surface area contributed by atoms with Crippen LogP contribution in [-0.4, -0.2) is 30.3 Å². The lowest BCUT2D eigenvalue weighted by Gasteiger charge is -2.32. The second kappa shape index (κ2) is 8.50. The van der Waals surface area contributed by atoms with Gasteiger partial charge in [-0.1, -0.05) is 24.3 Å². The maximum Gasteiger partial charge on any atom is 0.162 e. The van der Waals surface area contributed by atoms with Crippen molar-refractivity contribution in [2.45, 2.75) is 45.4 Å². The zero-order chi connectivity index (χ0) is 18.5. The van der Waals surface area contributed by atoms with E-state index in [4.69, 9.17) is 5.73 Å². The number of anilines is 1. The van der Waals surface area contributed by atoms with E-state index in [-0.39, 0.29) is 5.78 Å². The van der Waals surface area contributed by atoms with E-state index in [1.807, 2.05) is 24.3 Å². The Morgan fingerprint density at radius 2 is 1.85 bits per heavy atom. The van der Waals surface area contributed by atoms with Crippen LogP contribution >= 0.6 is 0 Å². The number of benzene rings is 2. The van der Waals surface area contributed by atoms with Gasteiger partial charge in [-0.25, -0.2) is 0 Å². The van der Waals surface area contributed by atoms with E-state index >= 15 is 0 Å². The topological polar surface area (TPSA) is 46.3 Å². The van der Waals surface area contributed by atoms with Gasteiger partial charge in [0.1, 0.15) is 0 Å². The normalized spacial score (nSPS) is 15.9. The molecule has 3 nitrogen and oxygen atoms in total. The highest BCUT2D eigenvalue weighted by Gasteiger charge is 2.20. The SMILES string of the molecule is Cc1ccc(C(=O)CCCN2CCC(c3cccc(N)c3)CC2)cc1C. The highest BCUT2D eigenvalue weighted by atomic mass is 16.1. The van der Waals surface area contributed by atoms with Crippen LogP contribution in [0, 0.1) is 13.8 Å². The van der Waals surface area contributed by atoms with Crippen molar-refractivity contribution in [3.63, 3.8) is 0 Å². The van der Waals surface area contributed by atoms with Gasteiger partial charge in [-0.3, -0.25) is 4.79 Å². The molecule has 0 atom stereocenters. The first-order chi connectivity index (χ1) is 12.5. The van der Waals surface area contributed by atoms with E-state index in [1.54, 1.807) is 0 Å². The standard InChI is InChI=1S/C23H30N2O/c1-17-8-9-21(15-18(17)2)23(26)7-4-12-25-13-10-19(11-14-25)20-5-3-6-22(24)16-20/h3,5-6,8-9,15-16,19H,4,7,10-14,24H2,1-2H3. The molecule has 138 valence electrons. The number of nitrogen functional groups attached to an aromatic ring is 1. The zero-order valence-electron chi connectivity index (χ0n) is 16.0. The summed E-state index contributed by atoms with van der Waals surface area (Å²) in [4.78, 5) is 14.9. The molecule has 26 heavy (non-hydrogen) atoms. The Balaban J connectivity index is 1.42. The van der Waals surface area contributed by atoms with Gasteiger partial charge < -0.3 is 10.6 Å². The molecule has 1 aliphatic rings. The smallest absolute Gasteiger partial charge is 0.162 e. The average molecular weight is 351 g/mol. The minimum atomic E-state index is 0.266. The fraction of sp³-hybridized carbons (Fsp3) is 0.435. The number of nitrogens with zero attached hydrogens (tertiary/aromatic N) is 1. The molecule has 0 amide bonds. The number of nitrogens with two attached hydrogens (primary N) is 1. The zero-order valence-corrected chi connectivity index (χ0v) is 16.0. The van der Waals surface area contributed by atoms with E-state index in [2.05, 4.69) is 36.9 Å². The van der Waals surface area contributed by atoms with Crippen molar-refractivity contribution in [3.8, 4) is 0 Å². The van der Waals surface area contributed by atoms with Crippen molar-refractivity contribution >= 4 is 11.5 Å². The molecule has 1 heterocycles. The van der Waals surface area contributed by atoms with E-state index in [1.165, 1.54) is 29.5 Å². The Bertz CT molecular complexity index is 761. The summed E-state index contributed by atoms with van der Waals surface area (Å²) in [6.07, 6.45) is 3.93. The van der Waals surface area contributed by atoms with Gasteiger partial charge >= 0.3 is 0 Å². The first-order valence-electron chi connectivity index (χ1n) is 9.71. The Morgan fingerprint density at radius 3 is 2.54 bits per heavy atom. The lowest BCUT2D eigenvalue weighted by molar-refractivity contribution is 0.0972. The second-order valence-corrected chi connectivity index (χ2v) is 7.61. The molecule has 3 rings (SSSR count). The van der Waals surface area contributed by atoms with Crippen molar-refractivity contribution in [3.05, 3.63) is 64.7 Å². The monoisotopic (exact) mass is 350 g/mol. The van der Waals surface area contributed by atoms with Gasteiger partial charge in [-0.15, -0.1) is 0 Å². The Hall–Kier alpha value is -2.13. The molecule has 0 spiro atoms. The first kappa shape index (κ1) is 18.7. The molecule has 1 fully saturated rings. The maximum absolute atomic E-state index is 12.4. The molecule has 0 unspecified atom stereocenters. The van der Waals surface area contributed by atoms with Crippen LogP contribution < -0.4 is 5.73 Å². The maximum atomic E-state index is 12.4. The molecule has 1 saturated heterocycles. The quantitative estimate of drug-likeness (QED) is 0.605. The predicted molar refractivity (Wildman–Crippen MR) is 109 cm³/mol. The van der Waals surface area contributed by atoms with Crippen molar-refractivity contribution in [2.75, 3.05) is 25.4 Å². The van der Waals surface area contributed by atoms with Crippen molar-refractivity contribution in [1.82, 2.24) is 4.90 Å². The molecule has 0 radical (unpaired) electrons. The molecule has 0 saturated carbocycles. The van der Waals surface area contributed by atoms with Gasteiger partial charge in [-0.2, -0.15) is 0 Å². The van der Waals surface area contributed by atoms with Gasteiger partial charge in [0.25, 0.3) is 0 Å². The van der Waals surface area contributed by atoms with Crippen LogP contribution in [0.2, 0.25) is 0 Å². The third-order valence-electron chi connectivity index (χ3n) is 5.68. The lowest BCUT2D eigenvalue weighted by Crippen LogP contribution is -2.33. The summed E-state index contributed by atoms with van der Waals surface area (Å²) in [6, 6.07) is 14.3. The first-order valence-corrected chi connectivity index (χ1v) is 9.71. The molecule has 2 aromatic carbocycles. The Labute approximate surface area is 157 Å². The van der Waals surface area contributed by atoms with Crippen LogP contribution in [0.5, 0.6) is 0 Å². The summed E-state index contributed by atoms with van der Waals surface area (Å²) in [6.45, 7) is 7.38. The largest absolute Gasteiger partial charge is 0.399 e. The summed E-state index contributed by atoms with van der Waals surface area (Å²) >= 11 is 0. The number of ketones is 1. The van der Waals surface area contributed by atoms with Crippen molar-refractivity contribution in [1.29, 1.82) is 0 Å². The Kier molecular flexibility index (Phi) is 6.10. The van der Waals surface area contributed by atoms with Gasteiger partial charge in [-0.05, 0) is 93.6 Å². The molecule has 2 N–H and O–H groups in total. The number of Topliss-reactive ketones (excluding diaryl/α,β-unsaturated/α-hetero) is 1. The van der Waals surface area contributed by atoms with E-state index in [0.717, 1.165) is 37.3 Å². The van der Waals surface area contributed by atoms with Crippen LogP contribution in [-0.2, 0) is 0 Å². The number of carbonyl (C=O) groups is 1. The highest BCUT2D eigenvalue weighted by molar-refractivity contribution is 5.96. The Morgan fingerprint density at radius 1 is 1.08 bits per heavy atom. The molecular formula is C23H30N2O. The molecule has 2 aromatic rings. The van der Waals surface area contributed by atoms with Gasteiger partial charge in [0.05, 0.1) is 0 Å². The minimum absolute atomic E-state index is 0.266. The summed E-state index contributed by atoms with van der Waals surface area (Å²) < 4.78 is 0. The molecule has 0 bridgehead atoms. The van der Waals surface area contributed by atoms with E-state index in [9.17, 15) is 4.79 Å². The van der Waals surface area contributed by atoms with Gasteiger partial charge in [0, 0.05) is 17.7 Å².